The predicted octanol–water partition coefficient (Wildman–Crippen LogP) is 3.32. The average molecular weight is 173 g/mol. The lowest BCUT2D eigenvalue weighted by atomic mass is 9.75. The summed E-state index contributed by atoms with van der Waals surface area (Å²) in [4.78, 5) is 4.45. The zero-order valence-electron chi connectivity index (χ0n) is 8.41. The molecule has 68 valence electrons. The van der Waals surface area contributed by atoms with Gasteiger partial charge in [0.2, 0.25) is 0 Å². The molecule has 0 fully saturated rings. The van der Waals surface area contributed by atoms with Crippen molar-refractivity contribution in [1.29, 1.82) is 0 Å². The third kappa shape index (κ3) is 1.11. The Morgan fingerprint density at radius 3 is 2.62 bits per heavy atom. The number of hydrogen-bond donors (Lipinski definition) is 0. The number of rotatable bonds is 1. The second-order valence-corrected chi connectivity index (χ2v) is 4.21. The largest absolute Gasteiger partial charge is 0.260 e. The first kappa shape index (κ1) is 8.49. The van der Waals surface area contributed by atoms with Crippen molar-refractivity contribution in [3.05, 3.63) is 29.8 Å². The molecule has 0 radical (unpaired) electrons. The maximum atomic E-state index is 4.45. The lowest BCUT2D eigenvalue weighted by molar-refractivity contribution is 0.465. The van der Waals surface area contributed by atoms with Gasteiger partial charge in [-0.2, -0.15) is 0 Å². The molecule has 1 nitrogen and oxygen atoms in total. The molecule has 2 rings (SSSR count). The fourth-order valence-corrected chi connectivity index (χ4v) is 1.77. The molecule has 1 aromatic rings. The van der Waals surface area contributed by atoms with Crippen molar-refractivity contribution in [1.82, 2.24) is 0 Å². The van der Waals surface area contributed by atoms with E-state index >= 15 is 0 Å². The Bertz CT molecular complexity index is 352. The molecule has 1 aromatic carbocycles. The minimum Gasteiger partial charge on any atom is -0.260 e. The molecule has 1 aliphatic rings. The van der Waals surface area contributed by atoms with Crippen LogP contribution in [0.2, 0.25) is 0 Å². The van der Waals surface area contributed by atoms with E-state index in [2.05, 4.69) is 50.2 Å². The number of aliphatic imine (C=N–C) groups is 1. The molecule has 0 saturated heterocycles. The Morgan fingerprint density at radius 2 is 1.92 bits per heavy atom. The smallest absolute Gasteiger partial charge is 0.0667 e. The van der Waals surface area contributed by atoms with Crippen molar-refractivity contribution in [3.8, 4) is 0 Å². The summed E-state index contributed by atoms with van der Waals surface area (Å²) in [7, 11) is 0. The second kappa shape index (κ2) is 2.69. The van der Waals surface area contributed by atoms with E-state index in [0.717, 1.165) is 5.69 Å². The molecule has 0 spiro atoms. The van der Waals surface area contributed by atoms with Crippen LogP contribution in [0.1, 0.15) is 26.3 Å². The van der Waals surface area contributed by atoms with Crippen LogP contribution in [0.5, 0.6) is 0 Å². The predicted molar refractivity (Wildman–Crippen MR) is 56.8 cm³/mol. The van der Waals surface area contributed by atoms with E-state index in [1.54, 1.807) is 0 Å². The van der Waals surface area contributed by atoms with Gasteiger partial charge in [-0.1, -0.05) is 39.0 Å². The topological polar surface area (TPSA) is 12.4 Å². The lowest BCUT2D eigenvalue weighted by Crippen LogP contribution is -2.27. The van der Waals surface area contributed by atoms with Crippen LogP contribution in [0, 0.1) is 5.92 Å². The van der Waals surface area contributed by atoms with Gasteiger partial charge in [0.1, 0.15) is 0 Å². The van der Waals surface area contributed by atoms with Crippen molar-refractivity contribution in [2.75, 3.05) is 0 Å². The first-order valence-electron chi connectivity index (χ1n) is 4.79. The zero-order valence-corrected chi connectivity index (χ0v) is 8.41. The van der Waals surface area contributed by atoms with Gasteiger partial charge in [0.15, 0.2) is 0 Å². The summed E-state index contributed by atoms with van der Waals surface area (Å²) < 4.78 is 0. The van der Waals surface area contributed by atoms with Crippen LogP contribution in [0.25, 0.3) is 0 Å². The molecule has 0 saturated carbocycles. The van der Waals surface area contributed by atoms with Crippen LogP contribution in [-0.2, 0) is 5.41 Å². The molecule has 0 bridgehead atoms. The van der Waals surface area contributed by atoms with Crippen LogP contribution >= 0.6 is 0 Å². The fourth-order valence-electron chi connectivity index (χ4n) is 1.77. The molecule has 1 unspecified atom stereocenters. The van der Waals surface area contributed by atoms with Gasteiger partial charge in [0, 0.05) is 11.6 Å². The maximum Gasteiger partial charge on any atom is 0.0667 e. The highest BCUT2D eigenvalue weighted by Crippen LogP contribution is 2.40. The van der Waals surface area contributed by atoms with Gasteiger partial charge in [-0.05, 0) is 17.5 Å². The second-order valence-electron chi connectivity index (χ2n) is 4.21. The first-order valence-corrected chi connectivity index (χ1v) is 4.79. The average Bonchev–Trinajstić information content (AvgIpc) is 2.47. The summed E-state index contributed by atoms with van der Waals surface area (Å²) in [5, 5.41) is 0. The maximum absolute atomic E-state index is 4.45. The monoisotopic (exact) mass is 173 g/mol. The summed E-state index contributed by atoms with van der Waals surface area (Å²) in [5.74, 6) is 0.597. The van der Waals surface area contributed by atoms with E-state index in [-0.39, 0.29) is 5.41 Å². The molecule has 0 aromatic heterocycles. The molecular weight excluding hydrogens is 158 g/mol. The molecule has 1 aliphatic heterocycles. The minimum atomic E-state index is 0.136. The summed E-state index contributed by atoms with van der Waals surface area (Å²) in [6, 6.07) is 8.40. The van der Waals surface area contributed by atoms with Crippen LogP contribution in [0.15, 0.2) is 29.3 Å². The molecule has 0 N–H and O–H groups in total. The van der Waals surface area contributed by atoms with Crippen molar-refractivity contribution in [2.45, 2.75) is 26.2 Å². The molecule has 13 heavy (non-hydrogen) atoms. The van der Waals surface area contributed by atoms with E-state index < -0.39 is 0 Å². The highest BCUT2D eigenvalue weighted by Gasteiger charge is 2.33. The molecule has 1 atom stereocenters. The Labute approximate surface area is 79.5 Å². The highest BCUT2D eigenvalue weighted by molar-refractivity contribution is 5.84. The van der Waals surface area contributed by atoms with Crippen LogP contribution in [0.3, 0.4) is 0 Å². The van der Waals surface area contributed by atoms with Crippen molar-refractivity contribution in [3.63, 3.8) is 0 Å². The molecular formula is C12H15N. The standard InChI is InChI=1S/C12H15N/c1-9(2)12(3)8-13-11-7-5-4-6-10(11)12/h4-9H,1-3H3. The van der Waals surface area contributed by atoms with Gasteiger partial charge >= 0.3 is 0 Å². The summed E-state index contributed by atoms with van der Waals surface area (Å²) in [6.45, 7) is 6.75. The van der Waals surface area contributed by atoms with Crippen molar-refractivity contribution < 1.29 is 0 Å². The van der Waals surface area contributed by atoms with E-state index in [1.807, 2.05) is 6.07 Å². The Morgan fingerprint density at radius 1 is 1.23 bits per heavy atom. The zero-order chi connectivity index (χ0) is 9.47. The number of benzene rings is 1. The normalized spacial score (nSPS) is 25.2. The first-order chi connectivity index (χ1) is 6.14. The van der Waals surface area contributed by atoms with Crippen molar-refractivity contribution in [2.24, 2.45) is 10.9 Å². The molecule has 1 heteroatoms. The van der Waals surface area contributed by atoms with E-state index in [0.29, 0.717) is 5.92 Å². The van der Waals surface area contributed by atoms with Gasteiger partial charge < -0.3 is 0 Å². The summed E-state index contributed by atoms with van der Waals surface area (Å²) in [6.07, 6.45) is 2.09. The Hall–Kier alpha value is -1.11. The summed E-state index contributed by atoms with van der Waals surface area (Å²) in [5.41, 5.74) is 2.64. The quantitative estimate of drug-likeness (QED) is 0.617. The Balaban J connectivity index is 2.55. The van der Waals surface area contributed by atoms with Crippen molar-refractivity contribution >= 4 is 11.9 Å². The van der Waals surface area contributed by atoms with Crippen LogP contribution in [0.4, 0.5) is 5.69 Å². The van der Waals surface area contributed by atoms with Gasteiger partial charge in [0.25, 0.3) is 0 Å². The SMILES string of the molecule is CC(C)C1(C)C=Nc2ccccc21. The van der Waals surface area contributed by atoms with Gasteiger partial charge in [-0.25, -0.2) is 0 Å². The van der Waals surface area contributed by atoms with Crippen LogP contribution < -0.4 is 0 Å². The summed E-state index contributed by atoms with van der Waals surface area (Å²) >= 11 is 0. The number of hydrogen-bond acceptors (Lipinski definition) is 1. The molecule has 0 aliphatic carbocycles. The fraction of sp³-hybridized carbons (Fsp3) is 0.417. The van der Waals surface area contributed by atoms with E-state index in [1.165, 1.54) is 5.56 Å². The Kier molecular flexibility index (Phi) is 1.76. The third-order valence-electron chi connectivity index (χ3n) is 3.16. The number of fused-ring (bicyclic) bond motifs is 1. The highest BCUT2D eigenvalue weighted by atomic mass is 14.8. The third-order valence-corrected chi connectivity index (χ3v) is 3.16. The van der Waals surface area contributed by atoms with Crippen LogP contribution in [-0.4, -0.2) is 6.21 Å². The lowest BCUT2D eigenvalue weighted by Gasteiger charge is -2.26. The van der Waals surface area contributed by atoms with E-state index in [9.17, 15) is 0 Å². The molecule has 1 heterocycles. The molecule has 0 amide bonds. The number of nitrogens with zero attached hydrogens (tertiary/aromatic N) is 1. The minimum absolute atomic E-state index is 0.136. The van der Waals surface area contributed by atoms with Gasteiger partial charge in [-0.15, -0.1) is 0 Å². The van der Waals surface area contributed by atoms with Gasteiger partial charge in [-0.3, -0.25) is 4.99 Å². The van der Waals surface area contributed by atoms with E-state index in [4.69, 9.17) is 0 Å². The number of para-hydroxylation sites is 1. The van der Waals surface area contributed by atoms with Gasteiger partial charge in [0.05, 0.1) is 5.69 Å².